The van der Waals surface area contributed by atoms with E-state index in [4.69, 9.17) is 4.74 Å². The van der Waals surface area contributed by atoms with Crippen molar-refractivity contribution in [2.24, 2.45) is 0 Å². The fourth-order valence-corrected chi connectivity index (χ4v) is 3.68. The molecular formula is C22H20F3N5O. The van der Waals surface area contributed by atoms with Crippen molar-refractivity contribution in [3.05, 3.63) is 52.6 Å². The number of alkyl halides is 2. The molecular weight excluding hydrogens is 407 g/mol. The van der Waals surface area contributed by atoms with Crippen molar-refractivity contribution in [2.45, 2.75) is 44.6 Å². The highest BCUT2D eigenvalue weighted by Crippen LogP contribution is 2.51. The Bertz CT molecular complexity index is 1200. The summed E-state index contributed by atoms with van der Waals surface area (Å²) >= 11 is 0. The predicted molar refractivity (Wildman–Crippen MR) is 109 cm³/mol. The van der Waals surface area contributed by atoms with E-state index in [1.165, 1.54) is 19.2 Å². The number of halogens is 3. The largest absolute Gasteiger partial charge is 0.481 e. The van der Waals surface area contributed by atoms with Gasteiger partial charge in [0.05, 0.1) is 35.6 Å². The first kappa shape index (κ1) is 20.8. The molecule has 9 heteroatoms. The van der Waals surface area contributed by atoms with E-state index in [2.05, 4.69) is 26.3 Å². The smallest absolute Gasteiger partial charge is 0.266 e. The SMILES string of the molecule is COc1nc2nc(C)nc(N[C@H](C)c3cccc(C(F)F)c3F)c2cc1C1(C#N)CC1. The molecule has 1 fully saturated rings. The zero-order chi connectivity index (χ0) is 22.3. The van der Waals surface area contributed by atoms with Gasteiger partial charge < -0.3 is 10.1 Å². The molecule has 1 aromatic carbocycles. The van der Waals surface area contributed by atoms with Gasteiger partial charge in [0.25, 0.3) is 6.43 Å². The molecule has 0 spiro atoms. The van der Waals surface area contributed by atoms with Gasteiger partial charge >= 0.3 is 0 Å². The van der Waals surface area contributed by atoms with E-state index in [0.717, 1.165) is 6.07 Å². The lowest BCUT2D eigenvalue weighted by atomic mass is 9.97. The number of aromatic nitrogens is 3. The molecule has 6 nitrogen and oxygen atoms in total. The lowest BCUT2D eigenvalue weighted by Crippen LogP contribution is -2.13. The fourth-order valence-electron chi connectivity index (χ4n) is 3.68. The lowest BCUT2D eigenvalue weighted by molar-refractivity contribution is 0.146. The van der Waals surface area contributed by atoms with Crippen LogP contribution in [0.1, 0.15) is 54.7 Å². The average molecular weight is 427 g/mol. The number of hydrogen-bond acceptors (Lipinski definition) is 6. The molecule has 1 aliphatic carbocycles. The average Bonchev–Trinajstić information content (AvgIpc) is 3.53. The van der Waals surface area contributed by atoms with E-state index < -0.39 is 29.3 Å². The van der Waals surface area contributed by atoms with E-state index in [0.29, 0.717) is 47.0 Å². The summed E-state index contributed by atoms with van der Waals surface area (Å²) in [6, 6.07) is 7.37. The van der Waals surface area contributed by atoms with Crippen LogP contribution in [0.5, 0.6) is 5.88 Å². The van der Waals surface area contributed by atoms with Gasteiger partial charge in [-0.25, -0.2) is 23.1 Å². The Morgan fingerprint density at radius 3 is 2.52 bits per heavy atom. The lowest BCUT2D eigenvalue weighted by Gasteiger charge is -2.19. The number of nitriles is 1. The Hall–Kier alpha value is -3.41. The normalized spacial score (nSPS) is 15.5. The minimum Gasteiger partial charge on any atom is -0.481 e. The van der Waals surface area contributed by atoms with Crippen LogP contribution in [0.25, 0.3) is 11.0 Å². The molecule has 4 rings (SSSR count). The summed E-state index contributed by atoms with van der Waals surface area (Å²) in [5.74, 6) is 0.184. The maximum absolute atomic E-state index is 14.6. The molecule has 0 saturated heterocycles. The number of fused-ring (bicyclic) bond motifs is 1. The third kappa shape index (κ3) is 3.63. The second-order valence-electron chi connectivity index (χ2n) is 7.65. The van der Waals surface area contributed by atoms with Gasteiger partial charge in [0, 0.05) is 11.1 Å². The van der Waals surface area contributed by atoms with Gasteiger partial charge in [0.15, 0.2) is 5.65 Å². The maximum Gasteiger partial charge on any atom is 0.266 e. The number of methoxy groups -OCH3 is 1. The van der Waals surface area contributed by atoms with Gasteiger partial charge in [0.1, 0.15) is 17.5 Å². The molecule has 1 saturated carbocycles. The summed E-state index contributed by atoms with van der Waals surface area (Å²) in [4.78, 5) is 13.2. The fraction of sp³-hybridized carbons (Fsp3) is 0.364. The van der Waals surface area contributed by atoms with E-state index in [-0.39, 0.29) is 5.56 Å². The van der Waals surface area contributed by atoms with Gasteiger partial charge in [-0.15, -0.1) is 0 Å². The number of rotatable bonds is 6. The molecule has 160 valence electrons. The number of nitrogens with zero attached hydrogens (tertiary/aromatic N) is 4. The molecule has 1 atom stereocenters. The van der Waals surface area contributed by atoms with Crippen LogP contribution in [-0.2, 0) is 5.41 Å². The van der Waals surface area contributed by atoms with Gasteiger partial charge in [-0.05, 0) is 32.8 Å². The summed E-state index contributed by atoms with van der Waals surface area (Å²) in [5, 5.41) is 13.3. The summed E-state index contributed by atoms with van der Waals surface area (Å²) in [6.45, 7) is 3.35. The van der Waals surface area contributed by atoms with Crippen molar-refractivity contribution in [1.29, 1.82) is 5.26 Å². The van der Waals surface area contributed by atoms with Crippen molar-refractivity contribution >= 4 is 16.9 Å². The number of aryl methyl sites for hydroxylation is 1. The molecule has 1 N–H and O–H groups in total. The number of nitrogens with one attached hydrogen (secondary N) is 1. The standard InChI is InChI=1S/C22H20F3N5O/c1-11(13-5-4-6-14(17(13)23)18(24)25)27-19-15-9-16(22(10-26)7-8-22)21(31-3)30-20(15)29-12(2)28-19/h4-6,9,11,18H,7-8H2,1-3H3,(H,27,28,29,30)/t11-/m1/s1. The molecule has 0 radical (unpaired) electrons. The topological polar surface area (TPSA) is 83.7 Å². The molecule has 0 amide bonds. The minimum absolute atomic E-state index is 0.0968. The van der Waals surface area contributed by atoms with Crippen LogP contribution in [0.4, 0.5) is 19.0 Å². The van der Waals surface area contributed by atoms with E-state index in [1.54, 1.807) is 19.9 Å². The van der Waals surface area contributed by atoms with Crippen LogP contribution < -0.4 is 10.1 Å². The zero-order valence-corrected chi connectivity index (χ0v) is 17.2. The molecule has 31 heavy (non-hydrogen) atoms. The van der Waals surface area contributed by atoms with Crippen molar-refractivity contribution < 1.29 is 17.9 Å². The first-order valence-corrected chi connectivity index (χ1v) is 9.77. The predicted octanol–water partition coefficient (Wildman–Crippen LogP) is 5.15. The van der Waals surface area contributed by atoms with Crippen LogP contribution in [0.2, 0.25) is 0 Å². The number of anilines is 1. The van der Waals surface area contributed by atoms with Crippen LogP contribution in [0.3, 0.4) is 0 Å². The molecule has 2 aromatic heterocycles. The molecule has 3 aromatic rings. The Morgan fingerprint density at radius 2 is 1.90 bits per heavy atom. The minimum atomic E-state index is -2.91. The van der Waals surface area contributed by atoms with Gasteiger partial charge in [-0.1, -0.05) is 18.2 Å². The summed E-state index contributed by atoms with van der Waals surface area (Å²) in [6.07, 6.45) is -1.51. The maximum atomic E-state index is 14.6. The van der Waals surface area contributed by atoms with Crippen LogP contribution in [0.15, 0.2) is 24.3 Å². The van der Waals surface area contributed by atoms with Crippen molar-refractivity contribution in [1.82, 2.24) is 15.0 Å². The van der Waals surface area contributed by atoms with Crippen LogP contribution in [0, 0.1) is 24.1 Å². The first-order chi connectivity index (χ1) is 14.8. The van der Waals surface area contributed by atoms with Crippen molar-refractivity contribution in [2.75, 3.05) is 12.4 Å². The van der Waals surface area contributed by atoms with Crippen LogP contribution in [-0.4, -0.2) is 22.1 Å². The second kappa shape index (κ2) is 7.69. The van der Waals surface area contributed by atoms with Crippen molar-refractivity contribution in [3.8, 4) is 11.9 Å². The highest BCUT2D eigenvalue weighted by molar-refractivity contribution is 5.88. The Balaban J connectivity index is 1.80. The summed E-state index contributed by atoms with van der Waals surface area (Å²) in [5.41, 5.74) is -0.192. The quantitative estimate of drug-likeness (QED) is 0.586. The number of benzene rings is 1. The molecule has 0 aliphatic heterocycles. The van der Waals surface area contributed by atoms with E-state index in [1.807, 2.05) is 0 Å². The van der Waals surface area contributed by atoms with Gasteiger partial charge in [-0.2, -0.15) is 10.2 Å². The van der Waals surface area contributed by atoms with Crippen molar-refractivity contribution in [3.63, 3.8) is 0 Å². The van der Waals surface area contributed by atoms with Crippen LogP contribution >= 0.6 is 0 Å². The first-order valence-electron chi connectivity index (χ1n) is 9.77. The Kier molecular flexibility index (Phi) is 5.17. The zero-order valence-electron chi connectivity index (χ0n) is 17.2. The Morgan fingerprint density at radius 1 is 1.19 bits per heavy atom. The van der Waals surface area contributed by atoms with Gasteiger partial charge in [-0.3, -0.25) is 0 Å². The molecule has 0 bridgehead atoms. The number of pyridine rings is 1. The van der Waals surface area contributed by atoms with E-state index in [9.17, 15) is 18.4 Å². The van der Waals surface area contributed by atoms with Gasteiger partial charge in [0.2, 0.25) is 5.88 Å². The third-order valence-electron chi connectivity index (χ3n) is 5.55. The molecule has 2 heterocycles. The number of hydrogen-bond donors (Lipinski definition) is 1. The number of ether oxygens (including phenoxy) is 1. The molecule has 1 aliphatic rings. The highest BCUT2D eigenvalue weighted by Gasteiger charge is 2.47. The summed E-state index contributed by atoms with van der Waals surface area (Å²) < 4.78 is 46.2. The highest BCUT2D eigenvalue weighted by atomic mass is 19.3. The second-order valence-corrected chi connectivity index (χ2v) is 7.65. The molecule has 0 unspecified atom stereocenters. The van der Waals surface area contributed by atoms with E-state index >= 15 is 0 Å². The monoisotopic (exact) mass is 427 g/mol. The third-order valence-corrected chi connectivity index (χ3v) is 5.55. The summed E-state index contributed by atoms with van der Waals surface area (Å²) in [7, 11) is 1.49. The Labute approximate surface area is 177 Å².